The molecular weight excluding hydrogens is 436 g/mol. The third kappa shape index (κ3) is 6.78. The topological polar surface area (TPSA) is 76.7 Å². The van der Waals surface area contributed by atoms with E-state index in [1.54, 1.807) is 6.07 Å². The Kier molecular flexibility index (Phi) is 7.67. The van der Waals surface area contributed by atoms with E-state index in [0.29, 0.717) is 11.5 Å². The van der Waals surface area contributed by atoms with Crippen LogP contribution in [0.25, 0.3) is 0 Å². The zero-order valence-corrected chi connectivity index (χ0v) is 19.0. The summed E-state index contributed by atoms with van der Waals surface area (Å²) >= 11 is 3.46. The highest BCUT2D eigenvalue weighted by atomic mass is 79.9. The molecule has 0 saturated heterocycles. The molecule has 0 atom stereocenters. The number of ether oxygens (including phenoxy) is 2. The lowest BCUT2D eigenvalue weighted by Gasteiger charge is -2.23. The van der Waals surface area contributed by atoms with Crippen molar-refractivity contribution < 1.29 is 19.1 Å². The molecule has 2 amide bonds. The molecule has 2 N–H and O–H groups in total. The second kappa shape index (κ2) is 9.78. The Morgan fingerprint density at radius 3 is 2.10 bits per heavy atom. The highest BCUT2D eigenvalue weighted by molar-refractivity contribution is 9.10. The van der Waals surface area contributed by atoms with Gasteiger partial charge in [0, 0.05) is 10.0 Å². The monoisotopic (exact) mass is 462 g/mol. The van der Waals surface area contributed by atoms with Crippen molar-refractivity contribution in [1.82, 2.24) is 10.9 Å². The molecule has 0 spiro atoms. The number of aryl methyl sites for hydroxylation is 1. The van der Waals surface area contributed by atoms with E-state index >= 15 is 0 Å². The van der Waals surface area contributed by atoms with E-state index in [-0.39, 0.29) is 18.6 Å². The van der Waals surface area contributed by atoms with E-state index in [4.69, 9.17) is 9.47 Å². The molecule has 7 heteroatoms. The molecule has 0 aliphatic heterocycles. The summed E-state index contributed by atoms with van der Waals surface area (Å²) in [6.45, 7) is 9.68. The maximum atomic E-state index is 12.0. The summed E-state index contributed by atoms with van der Waals surface area (Å²) < 4.78 is 12.1. The van der Waals surface area contributed by atoms with Crippen molar-refractivity contribution in [3.63, 3.8) is 0 Å². The van der Waals surface area contributed by atoms with Crippen LogP contribution >= 0.6 is 15.9 Å². The lowest BCUT2D eigenvalue weighted by molar-refractivity contribution is -0.131. The van der Waals surface area contributed by atoms with Crippen LogP contribution in [0, 0.1) is 13.8 Å². The highest BCUT2D eigenvalue weighted by Gasteiger charge is 2.20. The summed E-state index contributed by atoms with van der Waals surface area (Å²) in [6.07, 6.45) is 0. The van der Waals surface area contributed by atoms with E-state index in [1.165, 1.54) is 0 Å². The number of amides is 2. The first kappa shape index (κ1) is 22.7. The van der Waals surface area contributed by atoms with E-state index in [9.17, 15) is 9.59 Å². The van der Waals surface area contributed by atoms with Gasteiger partial charge in [0.2, 0.25) is 0 Å². The number of halogens is 1. The van der Waals surface area contributed by atoms with Gasteiger partial charge in [-0.3, -0.25) is 20.4 Å². The predicted octanol–water partition coefficient (Wildman–Crippen LogP) is 3.97. The van der Waals surface area contributed by atoms with Crippen molar-refractivity contribution in [3.05, 3.63) is 57.6 Å². The van der Waals surface area contributed by atoms with Crippen molar-refractivity contribution >= 4 is 27.7 Å². The van der Waals surface area contributed by atoms with Gasteiger partial charge in [-0.15, -0.1) is 0 Å². The van der Waals surface area contributed by atoms with Gasteiger partial charge in [-0.2, -0.15) is 0 Å². The largest absolute Gasteiger partial charge is 0.483 e. The molecule has 0 fully saturated rings. The quantitative estimate of drug-likeness (QED) is 0.636. The molecule has 2 rings (SSSR count). The summed E-state index contributed by atoms with van der Waals surface area (Å²) in [5.74, 6) is 0.339. The number of nitrogens with one attached hydrogen (secondary N) is 2. The van der Waals surface area contributed by atoms with Crippen molar-refractivity contribution in [1.29, 1.82) is 0 Å². The van der Waals surface area contributed by atoms with Crippen LogP contribution in [0.2, 0.25) is 0 Å². The zero-order chi connectivity index (χ0) is 21.6. The van der Waals surface area contributed by atoms with E-state index in [1.807, 2.05) is 44.2 Å². The van der Waals surface area contributed by atoms with Gasteiger partial charge in [-0.05, 0) is 54.7 Å². The van der Waals surface area contributed by atoms with Gasteiger partial charge in [-0.25, -0.2) is 0 Å². The Labute approximate surface area is 180 Å². The Morgan fingerprint density at radius 2 is 1.52 bits per heavy atom. The molecule has 2 aromatic rings. The maximum Gasteiger partial charge on any atom is 0.276 e. The Bertz CT molecular complexity index is 891. The smallest absolute Gasteiger partial charge is 0.276 e. The van der Waals surface area contributed by atoms with Gasteiger partial charge in [-0.1, -0.05) is 48.8 Å². The van der Waals surface area contributed by atoms with Crippen LogP contribution < -0.4 is 20.3 Å². The number of benzene rings is 2. The highest BCUT2D eigenvalue weighted by Crippen LogP contribution is 2.33. The molecule has 0 heterocycles. The first-order chi connectivity index (χ1) is 13.6. The van der Waals surface area contributed by atoms with Gasteiger partial charge in [0.05, 0.1) is 0 Å². The average molecular weight is 463 g/mol. The molecule has 156 valence electrons. The molecule has 0 aromatic heterocycles. The third-order valence-electron chi connectivity index (χ3n) is 4.36. The maximum absolute atomic E-state index is 12.0. The third-order valence-corrected chi connectivity index (χ3v) is 4.86. The lowest BCUT2D eigenvalue weighted by Crippen LogP contribution is -2.45. The molecule has 0 aliphatic carbocycles. The molecule has 2 aromatic carbocycles. The second-order valence-electron chi connectivity index (χ2n) is 7.76. The minimum absolute atomic E-state index is 0.144. The van der Waals surface area contributed by atoms with Crippen LogP contribution in [0.15, 0.2) is 40.9 Å². The van der Waals surface area contributed by atoms with Crippen molar-refractivity contribution in [2.24, 2.45) is 0 Å². The van der Waals surface area contributed by atoms with Crippen LogP contribution in [-0.2, 0) is 15.0 Å². The Morgan fingerprint density at radius 1 is 0.931 bits per heavy atom. The number of hydrogen-bond acceptors (Lipinski definition) is 4. The minimum Gasteiger partial charge on any atom is -0.483 e. The fourth-order valence-corrected chi connectivity index (χ4v) is 2.95. The summed E-state index contributed by atoms with van der Waals surface area (Å²) in [7, 11) is 0. The first-order valence-corrected chi connectivity index (χ1v) is 10.1. The van der Waals surface area contributed by atoms with Crippen molar-refractivity contribution in [3.8, 4) is 11.5 Å². The number of rotatable bonds is 6. The zero-order valence-electron chi connectivity index (χ0n) is 17.4. The van der Waals surface area contributed by atoms with Crippen LogP contribution in [-0.4, -0.2) is 25.0 Å². The Hall–Kier alpha value is -2.54. The van der Waals surface area contributed by atoms with Crippen LogP contribution in [0.1, 0.15) is 37.5 Å². The molecule has 0 saturated carbocycles. The number of carbonyl (C=O) groups is 2. The fraction of sp³-hybridized carbons (Fsp3) is 0.364. The van der Waals surface area contributed by atoms with Crippen LogP contribution in [0.3, 0.4) is 0 Å². The van der Waals surface area contributed by atoms with E-state index < -0.39 is 11.8 Å². The first-order valence-electron chi connectivity index (χ1n) is 9.27. The standard InChI is InChI=1S/C22H27BrN2O4/c1-14-7-6-8-18(15(14)2)28-12-20(26)24-25-21(27)13-29-19-10-9-16(23)11-17(19)22(3,4)5/h6-11H,12-13H2,1-5H3,(H,24,26)(H,25,27). The molecule has 0 unspecified atom stereocenters. The number of carbonyl (C=O) groups excluding carboxylic acids is 2. The van der Waals surface area contributed by atoms with Gasteiger partial charge in [0.15, 0.2) is 13.2 Å². The van der Waals surface area contributed by atoms with Crippen molar-refractivity contribution in [2.75, 3.05) is 13.2 Å². The van der Waals surface area contributed by atoms with Crippen LogP contribution in [0.5, 0.6) is 11.5 Å². The molecule has 0 bridgehead atoms. The molecular formula is C22H27BrN2O4. The molecule has 0 aliphatic rings. The second-order valence-corrected chi connectivity index (χ2v) is 8.68. The summed E-state index contributed by atoms with van der Waals surface area (Å²) in [5.41, 5.74) is 7.55. The lowest BCUT2D eigenvalue weighted by atomic mass is 9.86. The fourth-order valence-electron chi connectivity index (χ4n) is 2.59. The van der Waals surface area contributed by atoms with Gasteiger partial charge in [0.1, 0.15) is 11.5 Å². The molecule has 6 nitrogen and oxygen atoms in total. The van der Waals surface area contributed by atoms with Crippen molar-refractivity contribution in [2.45, 2.75) is 40.0 Å². The van der Waals surface area contributed by atoms with Gasteiger partial charge < -0.3 is 9.47 Å². The average Bonchev–Trinajstić information content (AvgIpc) is 2.65. The minimum atomic E-state index is -0.465. The molecule has 0 radical (unpaired) electrons. The number of hydrazine groups is 1. The summed E-state index contributed by atoms with van der Waals surface area (Å²) in [5, 5.41) is 0. The van der Waals surface area contributed by atoms with E-state index in [0.717, 1.165) is 21.2 Å². The SMILES string of the molecule is Cc1cccc(OCC(=O)NNC(=O)COc2ccc(Br)cc2C(C)(C)C)c1C. The predicted molar refractivity (Wildman–Crippen MR) is 116 cm³/mol. The normalized spacial score (nSPS) is 11.0. The summed E-state index contributed by atoms with van der Waals surface area (Å²) in [6, 6.07) is 11.3. The molecule has 29 heavy (non-hydrogen) atoms. The van der Waals surface area contributed by atoms with E-state index in [2.05, 4.69) is 47.6 Å². The van der Waals surface area contributed by atoms with Crippen LogP contribution in [0.4, 0.5) is 0 Å². The Balaban J connectivity index is 1.82. The summed E-state index contributed by atoms with van der Waals surface area (Å²) in [4.78, 5) is 23.9. The van der Waals surface area contributed by atoms with Gasteiger partial charge >= 0.3 is 0 Å². The van der Waals surface area contributed by atoms with Gasteiger partial charge in [0.25, 0.3) is 11.8 Å². The number of hydrogen-bond donors (Lipinski definition) is 2.